The third-order valence-electron chi connectivity index (χ3n) is 5.22. The largest absolute Gasteiger partial charge is 0.493 e. The maximum atomic E-state index is 12.1. The molecule has 2 fully saturated rings. The van der Waals surface area contributed by atoms with Crippen LogP contribution in [0.5, 0.6) is 11.5 Å². The van der Waals surface area contributed by atoms with E-state index < -0.39 is 6.10 Å². The first-order chi connectivity index (χ1) is 12.6. The van der Waals surface area contributed by atoms with Crippen LogP contribution in [0.3, 0.4) is 0 Å². The van der Waals surface area contributed by atoms with Gasteiger partial charge in [-0.05, 0) is 25.0 Å². The fraction of sp³-hybridized carbons (Fsp3) is 0.632. The Morgan fingerprint density at radius 3 is 2.46 bits per heavy atom. The molecule has 0 bridgehead atoms. The number of aliphatic hydroxyl groups is 1. The van der Waals surface area contributed by atoms with E-state index in [9.17, 15) is 9.90 Å². The summed E-state index contributed by atoms with van der Waals surface area (Å²) in [5.41, 5.74) is 0. The van der Waals surface area contributed by atoms with Crippen LogP contribution < -0.4 is 9.47 Å². The molecule has 1 aromatic rings. The number of β-amino-alcohol motifs (C(OH)–C–C–N with tert-alkyl or cyclic N) is 1. The van der Waals surface area contributed by atoms with Crippen LogP contribution in [0.1, 0.15) is 12.8 Å². The highest BCUT2D eigenvalue weighted by molar-refractivity contribution is 5.76. The highest BCUT2D eigenvalue weighted by Gasteiger charge is 2.33. The number of aliphatic hydroxyl groups excluding tert-OH is 1. The summed E-state index contributed by atoms with van der Waals surface area (Å²) in [5, 5.41) is 10.3. The zero-order chi connectivity index (χ0) is 18.5. The molecule has 144 valence electrons. The molecular weight excluding hydrogens is 334 g/mol. The molecule has 2 saturated heterocycles. The van der Waals surface area contributed by atoms with Crippen LogP contribution >= 0.6 is 0 Å². The van der Waals surface area contributed by atoms with Crippen LogP contribution in [-0.4, -0.2) is 91.5 Å². The molecule has 0 radical (unpaired) electrons. The predicted molar refractivity (Wildman–Crippen MR) is 98.7 cm³/mol. The van der Waals surface area contributed by atoms with Crippen molar-refractivity contribution < 1.29 is 19.4 Å². The molecule has 2 aliphatic rings. The summed E-state index contributed by atoms with van der Waals surface area (Å²) in [7, 11) is 3.46. The average molecular weight is 363 g/mol. The van der Waals surface area contributed by atoms with Gasteiger partial charge in [-0.3, -0.25) is 0 Å². The molecule has 7 heteroatoms. The zero-order valence-corrected chi connectivity index (χ0v) is 15.6. The highest BCUT2D eigenvalue weighted by Crippen LogP contribution is 2.26. The van der Waals surface area contributed by atoms with Crippen LogP contribution in [0.15, 0.2) is 24.3 Å². The maximum Gasteiger partial charge on any atom is 0.320 e. The van der Waals surface area contributed by atoms with Crippen molar-refractivity contribution in [3.63, 3.8) is 0 Å². The lowest BCUT2D eigenvalue weighted by Gasteiger charge is -2.37. The molecule has 26 heavy (non-hydrogen) atoms. The van der Waals surface area contributed by atoms with Gasteiger partial charge in [0.25, 0.3) is 0 Å². The van der Waals surface area contributed by atoms with E-state index in [-0.39, 0.29) is 12.6 Å². The summed E-state index contributed by atoms with van der Waals surface area (Å²) in [5.74, 6) is 1.31. The number of benzene rings is 1. The maximum absolute atomic E-state index is 12.1. The summed E-state index contributed by atoms with van der Waals surface area (Å²) >= 11 is 0. The third kappa shape index (κ3) is 4.40. The Morgan fingerprint density at radius 1 is 1.15 bits per heavy atom. The number of para-hydroxylation sites is 2. The highest BCUT2D eigenvalue weighted by atomic mass is 16.5. The van der Waals surface area contributed by atoms with E-state index in [4.69, 9.17) is 9.47 Å². The molecule has 1 N–H and O–H groups in total. The van der Waals surface area contributed by atoms with Crippen LogP contribution in [0.2, 0.25) is 0 Å². The first kappa shape index (κ1) is 18.8. The Labute approximate surface area is 155 Å². The Kier molecular flexibility index (Phi) is 6.21. The Balaban J connectivity index is 1.41. The van der Waals surface area contributed by atoms with Crippen molar-refractivity contribution >= 4 is 6.03 Å². The van der Waals surface area contributed by atoms with E-state index in [1.54, 1.807) is 12.0 Å². The average Bonchev–Trinajstić information content (AvgIpc) is 3.00. The second-order valence-electron chi connectivity index (χ2n) is 7.04. The van der Waals surface area contributed by atoms with Crippen LogP contribution in [0.25, 0.3) is 0 Å². The number of rotatable bonds is 7. The van der Waals surface area contributed by atoms with Crippen LogP contribution in [0, 0.1) is 0 Å². The Bertz CT molecular complexity index is 604. The van der Waals surface area contributed by atoms with Crippen molar-refractivity contribution in [1.82, 2.24) is 14.7 Å². The lowest BCUT2D eigenvalue weighted by atomic mass is 10.0. The topological polar surface area (TPSA) is 65.5 Å². The van der Waals surface area contributed by atoms with Crippen LogP contribution in [0.4, 0.5) is 4.79 Å². The third-order valence-corrected chi connectivity index (χ3v) is 5.22. The van der Waals surface area contributed by atoms with E-state index in [0.29, 0.717) is 24.1 Å². The van der Waals surface area contributed by atoms with Gasteiger partial charge in [0.1, 0.15) is 12.7 Å². The Morgan fingerprint density at radius 2 is 1.85 bits per heavy atom. The number of ether oxygens (including phenoxy) is 2. The van der Waals surface area contributed by atoms with Gasteiger partial charge >= 0.3 is 6.03 Å². The minimum absolute atomic E-state index is 0.147. The molecule has 2 amide bonds. The zero-order valence-electron chi connectivity index (χ0n) is 15.6. The molecule has 2 aliphatic heterocycles. The van der Waals surface area contributed by atoms with Crippen molar-refractivity contribution in [1.29, 1.82) is 0 Å². The molecule has 7 nitrogen and oxygen atoms in total. The van der Waals surface area contributed by atoms with Gasteiger partial charge in [-0.15, -0.1) is 0 Å². The Hall–Kier alpha value is -1.99. The van der Waals surface area contributed by atoms with E-state index in [1.165, 1.54) is 0 Å². The quantitative estimate of drug-likeness (QED) is 0.790. The summed E-state index contributed by atoms with van der Waals surface area (Å²) in [6.45, 7) is 4.24. The molecule has 1 unspecified atom stereocenters. The number of amides is 2. The van der Waals surface area contributed by atoms with Gasteiger partial charge in [0, 0.05) is 45.8 Å². The summed E-state index contributed by atoms with van der Waals surface area (Å²) in [6, 6.07) is 7.91. The molecule has 0 aliphatic carbocycles. The number of piperidine rings is 1. The first-order valence-electron chi connectivity index (χ1n) is 9.26. The van der Waals surface area contributed by atoms with Crippen molar-refractivity contribution in [2.45, 2.75) is 25.0 Å². The fourth-order valence-corrected chi connectivity index (χ4v) is 3.70. The number of hydrogen-bond acceptors (Lipinski definition) is 5. The number of hydrogen-bond donors (Lipinski definition) is 1. The number of methoxy groups -OCH3 is 1. The second kappa shape index (κ2) is 8.60. The van der Waals surface area contributed by atoms with Gasteiger partial charge in [0.05, 0.1) is 7.11 Å². The minimum Gasteiger partial charge on any atom is -0.493 e. The standard InChI is InChI=1S/C19H29N3O4/c1-20-11-12-22(19(20)24)15-7-9-21(10-8-15)13-16(23)14-26-18-6-4-3-5-17(18)25-2/h3-6,15-16,23H,7-14H2,1-2H3. The monoisotopic (exact) mass is 363 g/mol. The van der Waals surface area contributed by atoms with Crippen molar-refractivity contribution in [3.05, 3.63) is 24.3 Å². The SMILES string of the molecule is COc1ccccc1OCC(O)CN1CCC(N2CCN(C)C2=O)CC1. The van der Waals surface area contributed by atoms with E-state index >= 15 is 0 Å². The molecule has 1 aromatic carbocycles. The number of nitrogens with zero attached hydrogens (tertiary/aromatic N) is 3. The smallest absolute Gasteiger partial charge is 0.320 e. The first-order valence-corrected chi connectivity index (χ1v) is 9.26. The van der Waals surface area contributed by atoms with Gasteiger partial charge in [-0.1, -0.05) is 12.1 Å². The number of urea groups is 1. The molecular formula is C19H29N3O4. The lowest BCUT2D eigenvalue weighted by molar-refractivity contribution is 0.0499. The van der Waals surface area contributed by atoms with Crippen LogP contribution in [-0.2, 0) is 0 Å². The number of likely N-dealkylation sites (tertiary alicyclic amines) is 1. The lowest BCUT2D eigenvalue weighted by Crippen LogP contribution is -2.48. The number of likely N-dealkylation sites (N-methyl/N-ethyl adjacent to an activating group) is 1. The van der Waals surface area contributed by atoms with Gasteiger partial charge in [0.2, 0.25) is 0 Å². The fourth-order valence-electron chi connectivity index (χ4n) is 3.70. The summed E-state index contributed by atoms with van der Waals surface area (Å²) in [4.78, 5) is 18.1. The predicted octanol–water partition coefficient (Wildman–Crippen LogP) is 1.27. The normalized spacial score (nSPS) is 20.5. The molecule has 3 rings (SSSR count). The van der Waals surface area contributed by atoms with E-state index in [0.717, 1.165) is 39.0 Å². The van der Waals surface area contributed by atoms with Crippen molar-refractivity contribution in [2.24, 2.45) is 0 Å². The molecule has 0 aromatic heterocycles. The van der Waals surface area contributed by atoms with Crippen molar-refractivity contribution in [2.75, 3.05) is 53.5 Å². The number of carbonyl (C=O) groups excluding carboxylic acids is 1. The van der Waals surface area contributed by atoms with E-state index in [1.807, 2.05) is 36.2 Å². The van der Waals surface area contributed by atoms with Crippen molar-refractivity contribution in [3.8, 4) is 11.5 Å². The summed E-state index contributed by atoms with van der Waals surface area (Å²) < 4.78 is 11.0. The number of carbonyl (C=O) groups is 1. The van der Waals surface area contributed by atoms with Gasteiger partial charge < -0.3 is 29.3 Å². The van der Waals surface area contributed by atoms with Gasteiger partial charge in [0.15, 0.2) is 11.5 Å². The van der Waals surface area contributed by atoms with E-state index in [2.05, 4.69) is 4.90 Å². The van der Waals surface area contributed by atoms with Gasteiger partial charge in [-0.2, -0.15) is 0 Å². The second-order valence-corrected chi connectivity index (χ2v) is 7.04. The van der Waals surface area contributed by atoms with Gasteiger partial charge in [-0.25, -0.2) is 4.79 Å². The molecule has 0 spiro atoms. The molecule has 0 saturated carbocycles. The molecule has 1 atom stereocenters. The minimum atomic E-state index is -0.559. The molecule has 2 heterocycles. The summed E-state index contributed by atoms with van der Waals surface area (Å²) in [6.07, 6.45) is 1.36.